The van der Waals surface area contributed by atoms with E-state index in [1.54, 1.807) is 17.0 Å². The van der Waals surface area contributed by atoms with E-state index in [4.69, 9.17) is 38.4 Å². The zero-order valence-corrected chi connectivity index (χ0v) is 28.2. The van der Waals surface area contributed by atoms with E-state index in [0.29, 0.717) is 80.1 Å². The molecular weight excluding hydrogens is 656 g/mol. The van der Waals surface area contributed by atoms with Gasteiger partial charge in [-0.2, -0.15) is 9.97 Å². The van der Waals surface area contributed by atoms with Crippen LogP contribution in [-0.2, 0) is 35.0 Å². The van der Waals surface area contributed by atoms with Crippen LogP contribution in [0.1, 0.15) is 47.8 Å². The lowest BCUT2D eigenvalue weighted by molar-refractivity contribution is -0.151. The summed E-state index contributed by atoms with van der Waals surface area (Å²) in [7, 11) is 0. The second kappa shape index (κ2) is 16.1. The zero-order valence-electron chi connectivity index (χ0n) is 28.2. The lowest BCUT2D eigenvalue weighted by Gasteiger charge is -2.26. The van der Waals surface area contributed by atoms with Crippen LogP contribution in [0.3, 0.4) is 0 Å². The smallest absolute Gasteiger partial charge is 0.293 e. The molecule has 0 amide bonds. The Morgan fingerprint density at radius 1 is 0.941 bits per heavy atom. The van der Waals surface area contributed by atoms with Crippen LogP contribution in [0.15, 0.2) is 77.6 Å². The van der Waals surface area contributed by atoms with Crippen molar-refractivity contribution in [3.8, 4) is 0 Å². The van der Waals surface area contributed by atoms with Crippen molar-refractivity contribution in [3.05, 3.63) is 95.6 Å². The summed E-state index contributed by atoms with van der Waals surface area (Å²) in [5, 5.41) is 11.0. The number of morpholine rings is 1. The van der Waals surface area contributed by atoms with Gasteiger partial charge in [0.1, 0.15) is 0 Å². The Bertz CT molecular complexity index is 1840. The lowest BCUT2D eigenvalue weighted by atomic mass is 9.91. The molecule has 266 valence electrons. The number of imidazole rings is 1. The van der Waals surface area contributed by atoms with E-state index in [0.717, 1.165) is 30.8 Å². The van der Waals surface area contributed by atoms with Crippen LogP contribution in [-0.4, -0.2) is 101 Å². The van der Waals surface area contributed by atoms with Crippen molar-refractivity contribution in [1.29, 1.82) is 0 Å². The molecule has 2 saturated heterocycles. The molecule has 3 aromatic heterocycles. The minimum Gasteiger partial charge on any atom is -0.457 e. The maximum atomic E-state index is 11.8. The SMILES string of the molecule is CCc1cc([C@H]2O[C@@H](n3cnc4c(NCC(c5ccccc5)c5ccccc5)nc(NCCN5CCOCC5)nc43)[C@H](OC=O)[C@H]2OC=O)on1. The Morgan fingerprint density at radius 3 is 2.31 bits per heavy atom. The van der Waals surface area contributed by atoms with Gasteiger partial charge in [-0.05, 0) is 17.5 Å². The summed E-state index contributed by atoms with van der Waals surface area (Å²) < 4.78 is 30.1. The average molecular weight is 697 g/mol. The second-order valence-electron chi connectivity index (χ2n) is 12.3. The van der Waals surface area contributed by atoms with E-state index in [1.807, 2.05) is 43.3 Å². The molecule has 7 rings (SSSR count). The molecule has 5 aromatic rings. The third kappa shape index (κ3) is 7.55. The number of carbonyl (C=O) groups excluding carboxylic acids is 2. The summed E-state index contributed by atoms with van der Waals surface area (Å²) in [6.07, 6.45) is -1.82. The summed E-state index contributed by atoms with van der Waals surface area (Å²) in [5.41, 5.74) is 3.89. The molecule has 0 aliphatic carbocycles. The van der Waals surface area contributed by atoms with Crippen LogP contribution >= 0.6 is 0 Å². The number of rotatable bonds is 16. The molecule has 15 heteroatoms. The fourth-order valence-corrected chi connectivity index (χ4v) is 6.60. The van der Waals surface area contributed by atoms with E-state index in [1.165, 1.54) is 0 Å². The van der Waals surface area contributed by atoms with Gasteiger partial charge >= 0.3 is 0 Å². The van der Waals surface area contributed by atoms with Gasteiger partial charge in [0, 0.05) is 44.7 Å². The first kappa shape index (κ1) is 34.1. The monoisotopic (exact) mass is 696 g/mol. The molecule has 0 bridgehead atoms. The molecular formula is C36H40N8O7. The largest absolute Gasteiger partial charge is 0.457 e. The maximum Gasteiger partial charge on any atom is 0.293 e. The fourth-order valence-electron chi connectivity index (χ4n) is 6.60. The zero-order chi connectivity index (χ0) is 35.0. The number of anilines is 2. The molecule has 2 fully saturated rings. The normalized spacial score (nSPS) is 20.7. The van der Waals surface area contributed by atoms with Crippen LogP contribution in [0.2, 0.25) is 0 Å². The van der Waals surface area contributed by atoms with Gasteiger partial charge in [-0.15, -0.1) is 0 Å². The number of benzene rings is 2. The molecule has 2 aliphatic rings. The average Bonchev–Trinajstić information content (AvgIpc) is 3.91. The van der Waals surface area contributed by atoms with Crippen molar-refractivity contribution >= 4 is 35.9 Å². The highest BCUT2D eigenvalue weighted by Gasteiger charge is 2.51. The summed E-state index contributed by atoms with van der Waals surface area (Å²) in [6.45, 7) is 7.54. The number of fused-ring (bicyclic) bond motifs is 1. The quantitative estimate of drug-likeness (QED) is 0.143. The van der Waals surface area contributed by atoms with Crippen molar-refractivity contribution in [2.75, 3.05) is 56.6 Å². The van der Waals surface area contributed by atoms with Gasteiger partial charge in [0.2, 0.25) is 5.95 Å². The van der Waals surface area contributed by atoms with E-state index < -0.39 is 24.5 Å². The standard InChI is InChI=1S/C36H40N8O7/c1-2-26-19-28(51-42-26)30-31(48-22-45)32(49-23-46)35(50-30)44-21-39-29-33(40-36(41-34(29)44)37-13-14-43-15-17-47-18-16-43)38-20-27(24-9-5-3-6-10-24)25-11-7-4-8-12-25/h3-12,19,21-23,27,30-32,35H,2,13-18,20H2,1H3,(H2,37,38,40,41)/t30-,31+,32-,35-/m1/s1. The van der Waals surface area contributed by atoms with Gasteiger partial charge < -0.3 is 34.1 Å². The third-order valence-corrected chi connectivity index (χ3v) is 9.22. The van der Waals surface area contributed by atoms with Crippen LogP contribution in [0.25, 0.3) is 11.2 Å². The maximum absolute atomic E-state index is 11.8. The van der Waals surface area contributed by atoms with Crippen molar-refractivity contribution in [2.24, 2.45) is 0 Å². The number of nitrogens with one attached hydrogen (secondary N) is 2. The molecule has 4 atom stereocenters. The van der Waals surface area contributed by atoms with Crippen molar-refractivity contribution in [1.82, 2.24) is 29.6 Å². The van der Waals surface area contributed by atoms with Crippen molar-refractivity contribution < 1.29 is 33.1 Å². The Morgan fingerprint density at radius 2 is 1.65 bits per heavy atom. The van der Waals surface area contributed by atoms with Gasteiger partial charge in [-0.25, -0.2) is 4.98 Å². The Labute approximate surface area is 294 Å². The molecule has 51 heavy (non-hydrogen) atoms. The summed E-state index contributed by atoms with van der Waals surface area (Å²) in [6, 6.07) is 22.3. The third-order valence-electron chi connectivity index (χ3n) is 9.22. The summed E-state index contributed by atoms with van der Waals surface area (Å²) in [4.78, 5) is 40.2. The van der Waals surface area contributed by atoms with E-state index >= 15 is 0 Å². The first-order valence-electron chi connectivity index (χ1n) is 17.1. The van der Waals surface area contributed by atoms with Crippen LogP contribution < -0.4 is 10.6 Å². The number of aryl methyl sites for hydroxylation is 1. The number of aromatic nitrogens is 5. The minimum atomic E-state index is -1.06. The summed E-state index contributed by atoms with van der Waals surface area (Å²) >= 11 is 0. The molecule has 15 nitrogen and oxygen atoms in total. The number of nitrogens with zero attached hydrogens (tertiary/aromatic N) is 6. The topological polar surface area (TPSA) is 168 Å². The fraction of sp³-hybridized carbons (Fsp3) is 0.389. The van der Waals surface area contributed by atoms with Crippen LogP contribution in [0.5, 0.6) is 0 Å². The Kier molecular flexibility index (Phi) is 10.8. The first-order chi connectivity index (χ1) is 25.2. The molecule has 2 N–H and O–H groups in total. The number of hydrogen-bond acceptors (Lipinski definition) is 14. The molecule has 2 aliphatic heterocycles. The van der Waals surface area contributed by atoms with E-state index in [9.17, 15) is 9.59 Å². The molecule has 0 unspecified atom stereocenters. The molecule has 5 heterocycles. The Balaban J connectivity index is 1.24. The van der Waals surface area contributed by atoms with E-state index in [-0.39, 0.29) is 5.92 Å². The van der Waals surface area contributed by atoms with Crippen molar-refractivity contribution in [3.63, 3.8) is 0 Å². The summed E-state index contributed by atoms with van der Waals surface area (Å²) in [5.74, 6) is 1.23. The lowest BCUT2D eigenvalue weighted by Crippen LogP contribution is -2.39. The highest BCUT2D eigenvalue weighted by molar-refractivity contribution is 5.84. The predicted molar refractivity (Wildman–Crippen MR) is 185 cm³/mol. The molecule has 2 aromatic carbocycles. The number of carbonyl (C=O) groups is 2. The predicted octanol–water partition coefficient (Wildman–Crippen LogP) is 3.72. The molecule has 0 spiro atoms. The minimum absolute atomic E-state index is 0.0118. The molecule has 0 radical (unpaired) electrons. The van der Waals surface area contributed by atoms with Gasteiger partial charge in [-0.1, -0.05) is 72.7 Å². The second-order valence-corrected chi connectivity index (χ2v) is 12.3. The van der Waals surface area contributed by atoms with Gasteiger partial charge in [-0.3, -0.25) is 19.1 Å². The first-order valence-corrected chi connectivity index (χ1v) is 17.1. The van der Waals surface area contributed by atoms with Crippen LogP contribution in [0.4, 0.5) is 11.8 Å². The van der Waals surface area contributed by atoms with Gasteiger partial charge in [0.15, 0.2) is 47.3 Å². The highest BCUT2D eigenvalue weighted by Crippen LogP contribution is 2.43. The number of ether oxygens (including phenoxy) is 4. The van der Waals surface area contributed by atoms with Gasteiger partial charge in [0.25, 0.3) is 12.9 Å². The highest BCUT2D eigenvalue weighted by atomic mass is 16.6. The van der Waals surface area contributed by atoms with Crippen molar-refractivity contribution in [2.45, 2.75) is 43.8 Å². The van der Waals surface area contributed by atoms with Gasteiger partial charge in [0.05, 0.1) is 25.2 Å². The number of hydrogen-bond donors (Lipinski definition) is 2. The van der Waals surface area contributed by atoms with E-state index in [2.05, 4.69) is 45.0 Å². The Hall–Kier alpha value is -5.38. The van der Waals surface area contributed by atoms with Crippen LogP contribution in [0, 0.1) is 0 Å². The molecule has 0 saturated carbocycles.